The van der Waals surface area contributed by atoms with Gasteiger partial charge in [0.2, 0.25) is 0 Å². The number of rotatable bonds is 8. The largest absolute Gasteiger partial charge is 0.375 e. The lowest BCUT2D eigenvalue weighted by atomic mass is 10.1. The van der Waals surface area contributed by atoms with Crippen molar-refractivity contribution in [2.45, 2.75) is 32.3 Å². The number of ether oxygens (including phenoxy) is 1. The molecule has 1 saturated heterocycles. The van der Waals surface area contributed by atoms with Gasteiger partial charge in [0.05, 0.1) is 6.54 Å². The molecule has 0 amide bonds. The molecule has 148 valence electrons. The second-order valence-electron chi connectivity index (χ2n) is 6.32. The van der Waals surface area contributed by atoms with Crippen molar-refractivity contribution in [1.29, 1.82) is 0 Å². The van der Waals surface area contributed by atoms with Gasteiger partial charge in [-0.15, -0.1) is 24.0 Å². The summed E-state index contributed by atoms with van der Waals surface area (Å²) in [4.78, 5) is 7.12. The van der Waals surface area contributed by atoms with Crippen LogP contribution in [0, 0.1) is 5.82 Å². The van der Waals surface area contributed by atoms with Gasteiger partial charge in [-0.25, -0.2) is 4.39 Å². The first-order valence-electron chi connectivity index (χ1n) is 9.25. The zero-order valence-electron chi connectivity index (χ0n) is 15.8. The van der Waals surface area contributed by atoms with Gasteiger partial charge in [0.25, 0.3) is 0 Å². The number of hydrogen-bond acceptors (Lipinski definition) is 3. The van der Waals surface area contributed by atoms with E-state index in [1.165, 1.54) is 44.5 Å². The molecule has 0 spiro atoms. The molecule has 0 radical (unpaired) electrons. The van der Waals surface area contributed by atoms with Crippen molar-refractivity contribution in [3.8, 4) is 0 Å². The monoisotopic (exact) mass is 478 g/mol. The van der Waals surface area contributed by atoms with Crippen molar-refractivity contribution in [2.24, 2.45) is 4.99 Å². The van der Waals surface area contributed by atoms with Gasteiger partial charge in [-0.1, -0.05) is 18.6 Å². The Balaban J connectivity index is 0.00000338. The zero-order valence-corrected chi connectivity index (χ0v) is 18.2. The molecule has 7 heteroatoms. The minimum absolute atomic E-state index is 0. The Hall–Kier alpha value is -0.930. The zero-order chi connectivity index (χ0) is 17.9. The summed E-state index contributed by atoms with van der Waals surface area (Å²) < 4.78 is 18.6. The topological polar surface area (TPSA) is 48.9 Å². The Bertz CT molecular complexity index is 521. The van der Waals surface area contributed by atoms with E-state index in [2.05, 4.69) is 27.4 Å². The first-order valence-corrected chi connectivity index (χ1v) is 9.25. The second-order valence-corrected chi connectivity index (χ2v) is 6.32. The van der Waals surface area contributed by atoms with Crippen LogP contribution in [0.3, 0.4) is 0 Å². The van der Waals surface area contributed by atoms with Crippen LogP contribution in [-0.4, -0.2) is 57.2 Å². The van der Waals surface area contributed by atoms with E-state index in [-0.39, 0.29) is 35.9 Å². The fourth-order valence-corrected chi connectivity index (χ4v) is 3.02. The first kappa shape index (κ1) is 23.1. The number of piperidine rings is 1. The quantitative estimate of drug-likeness (QED) is 0.343. The number of hydrogen-bond donors (Lipinski definition) is 2. The molecule has 1 aliphatic rings. The van der Waals surface area contributed by atoms with Crippen LogP contribution in [0.2, 0.25) is 0 Å². The molecular weight excluding hydrogens is 446 g/mol. The molecule has 1 fully saturated rings. The van der Waals surface area contributed by atoms with Crippen LogP contribution >= 0.6 is 24.0 Å². The number of nitrogens with zero attached hydrogens (tertiary/aromatic N) is 2. The molecule has 0 aromatic heterocycles. The van der Waals surface area contributed by atoms with Crippen molar-refractivity contribution >= 4 is 29.9 Å². The van der Waals surface area contributed by atoms with Crippen molar-refractivity contribution in [3.63, 3.8) is 0 Å². The predicted octanol–water partition coefficient (Wildman–Crippen LogP) is 3.17. The average Bonchev–Trinajstić information content (AvgIpc) is 2.64. The fourth-order valence-electron chi connectivity index (χ4n) is 3.02. The summed E-state index contributed by atoms with van der Waals surface area (Å²) in [6.07, 6.45) is 3.79. The number of methoxy groups -OCH3 is 1. The minimum atomic E-state index is -0.241. The van der Waals surface area contributed by atoms with Crippen LogP contribution in [0.5, 0.6) is 0 Å². The third kappa shape index (κ3) is 8.18. The van der Waals surface area contributed by atoms with Gasteiger partial charge in [0, 0.05) is 26.7 Å². The van der Waals surface area contributed by atoms with Crippen LogP contribution in [-0.2, 0) is 4.74 Å². The van der Waals surface area contributed by atoms with E-state index in [0.29, 0.717) is 6.54 Å². The second kappa shape index (κ2) is 13.3. The third-order valence-corrected chi connectivity index (χ3v) is 4.45. The average molecular weight is 478 g/mol. The van der Waals surface area contributed by atoms with Crippen molar-refractivity contribution in [3.05, 3.63) is 35.6 Å². The van der Waals surface area contributed by atoms with E-state index in [0.717, 1.165) is 31.2 Å². The molecule has 1 aliphatic heterocycles. The lowest BCUT2D eigenvalue weighted by Gasteiger charge is -2.26. The Labute approximate surface area is 173 Å². The molecule has 0 saturated carbocycles. The molecule has 2 N–H and O–H groups in total. The van der Waals surface area contributed by atoms with Gasteiger partial charge in [-0.05, 0) is 50.6 Å². The molecule has 0 aliphatic carbocycles. The summed E-state index contributed by atoms with van der Waals surface area (Å²) in [5, 5.41) is 6.65. The molecule has 1 atom stereocenters. The van der Waals surface area contributed by atoms with Crippen LogP contribution in [0.1, 0.15) is 37.9 Å². The van der Waals surface area contributed by atoms with Crippen LogP contribution < -0.4 is 10.6 Å². The maximum Gasteiger partial charge on any atom is 0.191 e. The van der Waals surface area contributed by atoms with Gasteiger partial charge in [0.15, 0.2) is 5.96 Å². The Morgan fingerprint density at radius 1 is 1.19 bits per heavy atom. The van der Waals surface area contributed by atoms with Crippen LogP contribution in [0.4, 0.5) is 4.39 Å². The Morgan fingerprint density at radius 2 is 1.88 bits per heavy atom. The third-order valence-electron chi connectivity index (χ3n) is 4.45. The summed E-state index contributed by atoms with van der Waals surface area (Å²) in [5.74, 6) is 0.554. The molecule has 1 aromatic carbocycles. The Kier molecular flexibility index (Phi) is 11.8. The predicted molar refractivity (Wildman–Crippen MR) is 116 cm³/mol. The summed E-state index contributed by atoms with van der Waals surface area (Å²) in [6, 6.07) is 6.39. The number of halogens is 2. The lowest BCUT2D eigenvalue weighted by molar-refractivity contribution is 0.111. The molecule has 5 nitrogen and oxygen atoms in total. The van der Waals surface area contributed by atoms with Crippen LogP contribution in [0.25, 0.3) is 0 Å². The first-order chi connectivity index (χ1) is 12.2. The molecule has 1 aromatic rings. The summed E-state index contributed by atoms with van der Waals surface area (Å²) in [6.45, 7) is 7.66. The van der Waals surface area contributed by atoms with E-state index in [1.54, 1.807) is 19.2 Å². The van der Waals surface area contributed by atoms with E-state index in [4.69, 9.17) is 4.74 Å². The highest BCUT2D eigenvalue weighted by Crippen LogP contribution is 2.17. The smallest absolute Gasteiger partial charge is 0.191 e. The van der Waals surface area contributed by atoms with E-state index >= 15 is 0 Å². The van der Waals surface area contributed by atoms with Gasteiger partial charge in [-0.2, -0.15) is 0 Å². The van der Waals surface area contributed by atoms with Crippen molar-refractivity contribution in [2.75, 3.05) is 46.4 Å². The van der Waals surface area contributed by atoms with E-state index in [1.807, 2.05) is 0 Å². The SMILES string of the molecule is CCNC(=NCC(OC)c1ccc(F)cc1)NCCN1CCCCC1.I. The Morgan fingerprint density at radius 3 is 2.50 bits per heavy atom. The summed E-state index contributed by atoms with van der Waals surface area (Å²) in [5.41, 5.74) is 0.928. The minimum Gasteiger partial charge on any atom is -0.375 e. The molecule has 26 heavy (non-hydrogen) atoms. The molecule has 1 unspecified atom stereocenters. The summed E-state index contributed by atoms with van der Waals surface area (Å²) in [7, 11) is 1.65. The standard InChI is InChI=1S/C19H31FN4O.HI/c1-3-21-19(22-11-14-24-12-5-4-6-13-24)23-15-18(25-2)16-7-9-17(20)10-8-16;/h7-10,18H,3-6,11-15H2,1-2H3,(H2,21,22,23);1H. The molecule has 0 bridgehead atoms. The van der Waals surface area contributed by atoms with Gasteiger partial charge >= 0.3 is 0 Å². The van der Waals surface area contributed by atoms with Crippen molar-refractivity contribution < 1.29 is 9.13 Å². The highest BCUT2D eigenvalue weighted by molar-refractivity contribution is 14.0. The molecule has 1 heterocycles. The van der Waals surface area contributed by atoms with E-state index < -0.39 is 0 Å². The maximum absolute atomic E-state index is 13.1. The van der Waals surface area contributed by atoms with Gasteiger partial charge < -0.3 is 20.3 Å². The number of aliphatic imine (C=N–C) groups is 1. The van der Waals surface area contributed by atoms with E-state index in [9.17, 15) is 4.39 Å². The highest BCUT2D eigenvalue weighted by atomic mass is 127. The number of benzene rings is 1. The fraction of sp³-hybridized carbons (Fsp3) is 0.632. The highest BCUT2D eigenvalue weighted by Gasteiger charge is 2.12. The maximum atomic E-state index is 13.1. The number of guanidine groups is 1. The summed E-state index contributed by atoms with van der Waals surface area (Å²) >= 11 is 0. The number of likely N-dealkylation sites (tertiary alicyclic amines) is 1. The molecule has 2 rings (SSSR count). The number of nitrogens with one attached hydrogen (secondary N) is 2. The van der Waals surface area contributed by atoms with Gasteiger partial charge in [0.1, 0.15) is 11.9 Å². The lowest BCUT2D eigenvalue weighted by Crippen LogP contribution is -2.42. The normalized spacial score (nSPS) is 16.7. The van der Waals surface area contributed by atoms with Crippen LogP contribution in [0.15, 0.2) is 29.3 Å². The molecular formula is C19H32FIN4O. The van der Waals surface area contributed by atoms with Gasteiger partial charge in [-0.3, -0.25) is 4.99 Å². The van der Waals surface area contributed by atoms with Crippen molar-refractivity contribution in [1.82, 2.24) is 15.5 Å².